The summed E-state index contributed by atoms with van der Waals surface area (Å²) in [5.74, 6) is 0.285. The van der Waals surface area contributed by atoms with Crippen molar-refractivity contribution in [3.8, 4) is 5.75 Å². The highest BCUT2D eigenvalue weighted by Crippen LogP contribution is 2.33. The van der Waals surface area contributed by atoms with Crippen molar-refractivity contribution in [1.82, 2.24) is 5.32 Å². The van der Waals surface area contributed by atoms with Crippen LogP contribution in [-0.2, 0) is 4.74 Å². The van der Waals surface area contributed by atoms with Crippen LogP contribution < -0.4 is 10.1 Å². The summed E-state index contributed by atoms with van der Waals surface area (Å²) in [6.07, 6.45) is -3.17. The van der Waals surface area contributed by atoms with Gasteiger partial charge in [-0.15, -0.1) is 0 Å². The van der Waals surface area contributed by atoms with E-state index in [1.54, 1.807) is 39.0 Å². The fourth-order valence-corrected chi connectivity index (χ4v) is 2.05. The van der Waals surface area contributed by atoms with Crippen LogP contribution in [0, 0.1) is 0 Å². The molecule has 0 spiro atoms. The molecule has 1 aromatic rings. The molecule has 0 aliphatic rings. The molecule has 0 aromatic heterocycles. The van der Waals surface area contributed by atoms with Crippen LogP contribution in [-0.4, -0.2) is 41.7 Å². The molecule has 0 saturated heterocycles. The van der Waals surface area contributed by atoms with Gasteiger partial charge in [-0.1, -0.05) is 23.7 Å². The number of ether oxygens (including phenoxy) is 2. The van der Waals surface area contributed by atoms with E-state index < -0.39 is 23.9 Å². The Balaban J connectivity index is 2.68. The Bertz CT molecular complexity index is 515. The van der Waals surface area contributed by atoms with Gasteiger partial charge in [0.15, 0.2) is 0 Å². The third-order valence-electron chi connectivity index (χ3n) is 2.74. The molecule has 3 N–H and O–H groups in total. The van der Waals surface area contributed by atoms with Crippen molar-refractivity contribution in [1.29, 1.82) is 0 Å². The molecule has 0 saturated carbocycles. The second-order valence-corrected chi connectivity index (χ2v) is 6.16. The average Bonchev–Trinajstić information content (AvgIpc) is 2.41. The highest BCUT2D eigenvalue weighted by molar-refractivity contribution is 6.32. The molecule has 2 unspecified atom stereocenters. The normalized spacial score (nSPS) is 14.1. The van der Waals surface area contributed by atoms with E-state index >= 15 is 0 Å². The van der Waals surface area contributed by atoms with E-state index in [1.165, 1.54) is 7.11 Å². The highest BCUT2D eigenvalue weighted by atomic mass is 35.5. The zero-order valence-corrected chi connectivity index (χ0v) is 13.8. The van der Waals surface area contributed by atoms with Gasteiger partial charge >= 0.3 is 6.09 Å². The molecule has 124 valence electrons. The minimum Gasteiger partial charge on any atom is -0.495 e. The summed E-state index contributed by atoms with van der Waals surface area (Å²) < 4.78 is 10.2. The predicted octanol–water partition coefficient (Wildman–Crippen LogP) is 2.27. The molecule has 6 nitrogen and oxygen atoms in total. The van der Waals surface area contributed by atoms with Gasteiger partial charge < -0.3 is 25.0 Å². The number of carbonyl (C=O) groups is 1. The summed E-state index contributed by atoms with van der Waals surface area (Å²) in [4.78, 5) is 11.5. The standard InChI is InChI=1S/C15H22ClNO5/c1-15(2,3)22-14(20)17-8-11(18)12(19)9-6-5-7-10(16)13(9)21-4/h5-7,11-12,18-19H,8H2,1-4H3,(H,17,20). The fourth-order valence-electron chi connectivity index (χ4n) is 1.79. The number of amides is 1. The Kier molecular flexibility index (Phi) is 6.47. The van der Waals surface area contributed by atoms with E-state index in [-0.39, 0.29) is 12.3 Å². The summed E-state index contributed by atoms with van der Waals surface area (Å²) in [5, 5.41) is 22.9. The lowest BCUT2D eigenvalue weighted by Gasteiger charge is -2.23. The third-order valence-corrected chi connectivity index (χ3v) is 3.04. The topological polar surface area (TPSA) is 88.0 Å². The number of benzene rings is 1. The van der Waals surface area contributed by atoms with Crippen molar-refractivity contribution >= 4 is 17.7 Å². The lowest BCUT2D eigenvalue weighted by molar-refractivity contribution is 0.0119. The van der Waals surface area contributed by atoms with Gasteiger partial charge in [0.2, 0.25) is 0 Å². The van der Waals surface area contributed by atoms with Gasteiger partial charge in [-0.05, 0) is 26.8 Å². The Morgan fingerprint density at radius 3 is 2.55 bits per heavy atom. The van der Waals surface area contributed by atoms with E-state index in [0.717, 1.165) is 0 Å². The Morgan fingerprint density at radius 1 is 1.36 bits per heavy atom. The number of carbonyl (C=O) groups excluding carboxylic acids is 1. The number of hydrogen-bond acceptors (Lipinski definition) is 5. The van der Waals surface area contributed by atoms with Crippen LogP contribution in [0.3, 0.4) is 0 Å². The molecule has 0 heterocycles. The number of para-hydroxylation sites is 1. The second-order valence-electron chi connectivity index (χ2n) is 5.76. The van der Waals surface area contributed by atoms with Crippen molar-refractivity contribution in [2.75, 3.05) is 13.7 Å². The first-order valence-electron chi connectivity index (χ1n) is 6.81. The average molecular weight is 332 g/mol. The number of aliphatic hydroxyl groups is 2. The predicted molar refractivity (Wildman–Crippen MR) is 83.2 cm³/mol. The van der Waals surface area contributed by atoms with Gasteiger partial charge in [-0.3, -0.25) is 0 Å². The SMILES string of the molecule is COc1c(Cl)cccc1C(O)C(O)CNC(=O)OC(C)(C)C. The first kappa shape index (κ1) is 18.5. The van der Waals surface area contributed by atoms with E-state index in [0.29, 0.717) is 10.6 Å². The van der Waals surface area contributed by atoms with Crippen molar-refractivity contribution in [3.05, 3.63) is 28.8 Å². The van der Waals surface area contributed by atoms with Crippen LogP contribution in [0.1, 0.15) is 32.4 Å². The lowest BCUT2D eigenvalue weighted by atomic mass is 10.0. The molecule has 1 rings (SSSR count). The smallest absolute Gasteiger partial charge is 0.407 e. The maximum absolute atomic E-state index is 11.5. The number of rotatable bonds is 5. The Hall–Kier alpha value is -1.50. The molecule has 2 atom stereocenters. The van der Waals surface area contributed by atoms with Crippen LogP contribution in [0.25, 0.3) is 0 Å². The number of nitrogens with one attached hydrogen (secondary N) is 1. The first-order chi connectivity index (χ1) is 10.2. The summed E-state index contributed by atoms with van der Waals surface area (Å²) in [6.45, 7) is 5.02. The van der Waals surface area contributed by atoms with Crippen molar-refractivity contribution in [2.45, 2.75) is 38.6 Å². The quantitative estimate of drug-likeness (QED) is 0.770. The molecule has 0 aliphatic carbocycles. The van der Waals surface area contributed by atoms with Gasteiger partial charge in [0, 0.05) is 12.1 Å². The van der Waals surface area contributed by atoms with Crippen LogP contribution in [0.5, 0.6) is 5.75 Å². The van der Waals surface area contributed by atoms with Crippen molar-refractivity contribution < 1.29 is 24.5 Å². The molecule has 0 fully saturated rings. The summed E-state index contributed by atoms with van der Waals surface area (Å²) >= 11 is 5.97. The number of hydrogen-bond donors (Lipinski definition) is 3. The summed E-state index contributed by atoms with van der Waals surface area (Å²) in [7, 11) is 1.42. The van der Waals surface area contributed by atoms with E-state index in [9.17, 15) is 15.0 Å². The van der Waals surface area contributed by atoms with Gasteiger partial charge in [0.1, 0.15) is 23.6 Å². The monoisotopic (exact) mass is 331 g/mol. The van der Waals surface area contributed by atoms with Gasteiger partial charge in [0.05, 0.1) is 12.1 Å². The molecule has 0 radical (unpaired) electrons. The molecule has 22 heavy (non-hydrogen) atoms. The Labute approximate surface area is 135 Å². The van der Waals surface area contributed by atoms with Crippen molar-refractivity contribution in [3.63, 3.8) is 0 Å². The summed E-state index contributed by atoms with van der Waals surface area (Å²) in [5.41, 5.74) is -0.294. The third kappa shape index (κ3) is 5.36. The molecular weight excluding hydrogens is 310 g/mol. The number of methoxy groups -OCH3 is 1. The van der Waals surface area contributed by atoms with Gasteiger partial charge in [-0.2, -0.15) is 0 Å². The van der Waals surface area contributed by atoms with E-state index in [2.05, 4.69) is 5.32 Å². The van der Waals surface area contributed by atoms with E-state index in [4.69, 9.17) is 21.1 Å². The number of aliphatic hydroxyl groups excluding tert-OH is 2. The number of alkyl carbamates (subject to hydrolysis) is 1. The summed E-state index contributed by atoms with van der Waals surface area (Å²) in [6, 6.07) is 4.84. The van der Waals surface area contributed by atoms with Crippen molar-refractivity contribution in [2.24, 2.45) is 0 Å². The highest BCUT2D eigenvalue weighted by Gasteiger charge is 2.24. The minimum atomic E-state index is -1.26. The molecule has 0 bridgehead atoms. The molecule has 1 amide bonds. The van der Waals surface area contributed by atoms with Crippen LogP contribution in [0.4, 0.5) is 4.79 Å². The first-order valence-corrected chi connectivity index (χ1v) is 7.19. The van der Waals surface area contributed by atoms with Crippen LogP contribution >= 0.6 is 11.6 Å². The van der Waals surface area contributed by atoms with Gasteiger partial charge in [-0.25, -0.2) is 4.79 Å². The van der Waals surface area contributed by atoms with E-state index in [1.807, 2.05) is 0 Å². The number of halogens is 1. The van der Waals surface area contributed by atoms with Crippen LogP contribution in [0.15, 0.2) is 18.2 Å². The maximum atomic E-state index is 11.5. The molecule has 0 aliphatic heterocycles. The molecule has 7 heteroatoms. The minimum absolute atomic E-state index is 0.175. The van der Waals surface area contributed by atoms with Gasteiger partial charge in [0.25, 0.3) is 0 Å². The zero-order chi connectivity index (χ0) is 16.9. The maximum Gasteiger partial charge on any atom is 0.407 e. The zero-order valence-electron chi connectivity index (χ0n) is 13.1. The second kappa shape index (κ2) is 7.67. The van der Waals surface area contributed by atoms with Crippen LogP contribution in [0.2, 0.25) is 5.02 Å². The Morgan fingerprint density at radius 2 is 2.00 bits per heavy atom. The largest absolute Gasteiger partial charge is 0.495 e. The molecule has 1 aromatic carbocycles. The molecular formula is C15H22ClNO5. The fraction of sp³-hybridized carbons (Fsp3) is 0.533. The lowest BCUT2D eigenvalue weighted by Crippen LogP contribution is -2.38.